The third kappa shape index (κ3) is 7.23. The molecular weight excluding hydrogens is 350 g/mol. The lowest BCUT2D eigenvalue weighted by molar-refractivity contribution is 0.0201. The third-order valence-corrected chi connectivity index (χ3v) is 1.34. The number of ether oxygens (including phenoxy) is 1. The van der Waals surface area contributed by atoms with Gasteiger partial charge in [0.2, 0.25) is 0 Å². The molecule has 0 aliphatic heterocycles. The summed E-state index contributed by atoms with van der Waals surface area (Å²) in [5, 5.41) is 17.0. The van der Waals surface area contributed by atoms with Crippen molar-refractivity contribution < 1.29 is 14.9 Å². The van der Waals surface area contributed by atoms with E-state index in [4.69, 9.17) is 14.9 Å². The van der Waals surface area contributed by atoms with Crippen LogP contribution < -0.4 is 0 Å². The first kappa shape index (κ1) is 10.3. The fraction of sp³-hybridized carbons (Fsp3) is 1.00. The number of aliphatic hydroxyl groups excluding tert-OH is 2. The Labute approximate surface area is 81.1 Å². The van der Waals surface area contributed by atoms with E-state index in [2.05, 4.69) is 45.2 Å². The van der Waals surface area contributed by atoms with Crippen LogP contribution >= 0.6 is 45.2 Å². The number of alkyl halides is 2. The Morgan fingerprint density at radius 2 is 2.00 bits per heavy atom. The van der Waals surface area contributed by atoms with Crippen molar-refractivity contribution in [2.45, 2.75) is 8.22 Å². The average Bonchev–Trinajstić information content (AvgIpc) is 1.83. The zero-order valence-electron chi connectivity index (χ0n) is 4.63. The topological polar surface area (TPSA) is 49.7 Å². The lowest BCUT2D eigenvalue weighted by atomic mass is 10.4. The van der Waals surface area contributed by atoms with E-state index in [0.29, 0.717) is 0 Å². The van der Waals surface area contributed by atoms with Gasteiger partial charge < -0.3 is 14.9 Å². The smallest absolute Gasteiger partial charge is 0.159 e. The molecule has 56 valence electrons. The van der Waals surface area contributed by atoms with Crippen LogP contribution in [0.2, 0.25) is 0 Å². The molecule has 0 aliphatic carbocycles. The van der Waals surface area contributed by atoms with E-state index < -0.39 is 6.10 Å². The largest absolute Gasteiger partial charge is 0.394 e. The van der Waals surface area contributed by atoms with Crippen molar-refractivity contribution in [2.75, 3.05) is 13.2 Å². The van der Waals surface area contributed by atoms with Gasteiger partial charge in [0, 0.05) is 0 Å². The molecule has 0 aliphatic rings. The molecule has 9 heavy (non-hydrogen) atoms. The number of halogens is 2. The van der Waals surface area contributed by atoms with E-state index in [-0.39, 0.29) is 15.3 Å². The second-order valence-corrected chi connectivity index (χ2v) is 6.08. The van der Waals surface area contributed by atoms with Crippen LogP contribution in [0.3, 0.4) is 0 Å². The predicted octanol–water partition coefficient (Wildman–Crippen LogP) is 0.510. The van der Waals surface area contributed by atoms with Crippen molar-refractivity contribution >= 4 is 45.2 Å². The molecule has 0 spiro atoms. The summed E-state index contributed by atoms with van der Waals surface area (Å²) in [4.78, 5) is 0. The maximum Gasteiger partial charge on any atom is 0.159 e. The van der Waals surface area contributed by atoms with Crippen molar-refractivity contribution in [3.63, 3.8) is 0 Å². The van der Waals surface area contributed by atoms with Crippen molar-refractivity contribution in [3.05, 3.63) is 0 Å². The van der Waals surface area contributed by atoms with Gasteiger partial charge >= 0.3 is 0 Å². The van der Waals surface area contributed by atoms with Crippen LogP contribution in [0.5, 0.6) is 0 Å². The fourth-order valence-electron chi connectivity index (χ4n) is 0.237. The van der Waals surface area contributed by atoms with Gasteiger partial charge in [0.25, 0.3) is 0 Å². The Bertz CT molecular complexity index is 68.8. The van der Waals surface area contributed by atoms with E-state index in [1.807, 2.05) is 0 Å². The molecule has 0 aromatic rings. The summed E-state index contributed by atoms with van der Waals surface area (Å²) in [5.74, 6) is 0. The van der Waals surface area contributed by atoms with Crippen LogP contribution in [0.25, 0.3) is 0 Å². The van der Waals surface area contributed by atoms with Gasteiger partial charge in [0.05, 0.1) is 13.2 Å². The minimum absolute atomic E-state index is 0.0569. The third-order valence-electron chi connectivity index (χ3n) is 0.625. The van der Waals surface area contributed by atoms with Gasteiger partial charge in [0.15, 0.2) is 2.12 Å². The molecule has 1 atom stereocenters. The first-order valence-corrected chi connectivity index (χ1v) is 4.84. The van der Waals surface area contributed by atoms with Crippen molar-refractivity contribution in [3.8, 4) is 0 Å². The zero-order valence-corrected chi connectivity index (χ0v) is 8.94. The van der Waals surface area contributed by atoms with E-state index in [1.54, 1.807) is 0 Å². The molecule has 2 N–H and O–H groups in total. The Kier molecular flexibility index (Phi) is 6.98. The summed E-state index contributed by atoms with van der Waals surface area (Å²) >= 11 is 4.13. The Morgan fingerprint density at radius 1 is 1.44 bits per heavy atom. The highest BCUT2D eigenvalue weighted by molar-refractivity contribution is 14.2. The monoisotopic (exact) mass is 358 g/mol. The van der Waals surface area contributed by atoms with E-state index in [1.165, 1.54) is 0 Å². The van der Waals surface area contributed by atoms with Gasteiger partial charge in [-0.2, -0.15) is 0 Å². The highest BCUT2D eigenvalue weighted by Gasteiger charge is 2.03. The van der Waals surface area contributed by atoms with Crippen molar-refractivity contribution in [1.82, 2.24) is 0 Å². The minimum Gasteiger partial charge on any atom is -0.394 e. The van der Waals surface area contributed by atoms with E-state index in [9.17, 15) is 0 Å². The van der Waals surface area contributed by atoms with Crippen LogP contribution in [0.1, 0.15) is 0 Å². The second kappa shape index (κ2) is 6.08. The molecule has 0 amide bonds. The van der Waals surface area contributed by atoms with Crippen LogP contribution in [0, 0.1) is 0 Å². The zero-order chi connectivity index (χ0) is 7.28. The number of hydrogen-bond acceptors (Lipinski definition) is 3. The molecule has 0 fully saturated rings. The van der Waals surface area contributed by atoms with E-state index in [0.717, 1.165) is 0 Å². The summed E-state index contributed by atoms with van der Waals surface area (Å²) in [6.45, 7) is -0.0347. The molecule has 0 bridgehead atoms. The Morgan fingerprint density at radius 3 is 2.33 bits per heavy atom. The lowest BCUT2D eigenvalue weighted by Gasteiger charge is -2.07. The van der Waals surface area contributed by atoms with Crippen molar-refractivity contribution in [1.29, 1.82) is 0 Å². The standard InChI is InChI=1S/C4H8I2O3/c5-4(6)9-2-3(8)1-7/h3-4,7-8H,1-2H2. The fourth-order valence-corrected chi connectivity index (χ4v) is 0.652. The summed E-state index contributed by atoms with van der Waals surface area (Å²) in [6, 6.07) is 0. The first-order chi connectivity index (χ1) is 4.16. The highest BCUT2D eigenvalue weighted by atomic mass is 127. The highest BCUT2D eigenvalue weighted by Crippen LogP contribution is 2.10. The average molecular weight is 358 g/mol. The van der Waals surface area contributed by atoms with E-state index >= 15 is 0 Å². The van der Waals surface area contributed by atoms with Gasteiger partial charge in [-0.15, -0.1) is 0 Å². The number of hydrogen-bond donors (Lipinski definition) is 2. The lowest BCUT2D eigenvalue weighted by Crippen LogP contribution is -2.20. The van der Waals surface area contributed by atoms with Gasteiger partial charge in [-0.3, -0.25) is 0 Å². The molecule has 0 saturated carbocycles. The van der Waals surface area contributed by atoms with Crippen molar-refractivity contribution in [2.24, 2.45) is 0 Å². The molecule has 0 heterocycles. The quantitative estimate of drug-likeness (QED) is 0.569. The van der Waals surface area contributed by atoms with Crippen LogP contribution in [-0.4, -0.2) is 31.6 Å². The Balaban J connectivity index is 3.06. The molecule has 5 heteroatoms. The minimum atomic E-state index is -0.739. The maximum atomic E-state index is 8.73. The molecule has 0 aromatic carbocycles. The summed E-state index contributed by atoms with van der Waals surface area (Å²) < 4.78 is 5.01. The molecular formula is C4H8I2O3. The van der Waals surface area contributed by atoms with Gasteiger partial charge in [-0.05, 0) is 45.2 Å². The number of rotatable bonds is 4. The van der Waals surface area contributed by atoms with Gasteiger partial charge in [0.1, 0.15) is 6.10 Å². The SMILES string of the molecule is OCC(O)COC(I)I. The molecule has 0 rings (SSSR count). The summed E-state index contributed by atoms with van der Waals surface area (Å²) in [7, 11) is 0. The molecule has 0 aromatic heterocycles. The normalized spacial score (nSPS) is 14.3. The molecule has 0 saturated heterocycles. The van der Waals surface area contributed by atoms with Crippen LogP contribution in [0.4, 0.5) is 0 Å². The van der Waals surface area contributed by atoms with Gasteiger partial charge in [-0.25, -0.2) is 0 Å². The molecule has 1 unspecified atom stereocenters. The predicted molar refractivity (Wildman–Crippen MR) is 50.9 cm³/mol. The maximum absolute atomic E-state index is 8.73. The Hall–Kier alpha value is 1.34. The first-order valence-electron chi connectivity index (χ1n) is 2.35. The van der Waals surface area contributed by atoms with Gasteiger partial charge in [-0.1, -0.05) is 0 Å². The number of aliphatic hydroxyl groups is 2. The summed E-state index contributed by atoms with van der Waals surface area (Å²) in [6.07, 6.45) is -0.739. The van der Waals surface area contributed by atoms with Crippen LogP contribution in [-0.2, 0) is 4.74 Å². The molecule has 3 nitrogen and oxygen atoms in total. The summed E-state index contributed by atoms with van der Waals surface area (Å²) in [5.41, 5.74) is 0. The van der Waals surface area contributed by atoms with Crippen LogP contribution in [0.15, 0.2) is 0 Å². The second-order valence-electron chi connectivity index (χ2n) is 1.43. The molecule has 0 radical (unpaired) electrons.